The number of amides is 1. The highest BCUT2D eigenvalue weighted by molar-refractivity contribution is 5.76. The number of rotatable bonds is 8. The van der Waals surface area contributed by atoms with E-state index in [1.807, 2.05) is 49.7 Å². The van der Waals surface area contributed by atoms with Gasteiger partial charge in [0, 0.05) is 31.5 Å². The number of hydrogen-bond acceptors (Lipinski definition) is 6. The first-order chi connectivity index (χ1) is 13.0. The van der Waals surface area contributed by atoms with Crippen molar-refractivity contribution >= 4 is 5.91 Å². The maximum atomic E-state index is 12.0. The Balaban J connectivity index is 1.41. The SMILES string of the molecule is Cc1nc(C)n(CCCNC(=O)CCc2nc(-c3ccccc3C)no2)n1. The number of carbonyl (C=O) groups excluding carboxylic acids is 1. The minimum atomic E-state index is -0.0304. The van der Waals surface area contributed by atoms with Gasteiger partial charge < -0.3 is 9.84 Å². The molecule has 142 valence electrons. The van der Waals surface area contributed by atoms with Gasteiger partial charge in [-0.05, 0) is 32.8 Å². The monoisotopic (exact) mass is 368 g/mol. The highest BCUT2D eigenvalue weighted by Gasteiger charge is 2.12. The lowest BCUT2D eigenvalue weighted by atomic mass is 10.1. The van der Waals surface area contributed by atoms with Crippen LogP contribution < -0.4 is 5.32 Å². The van der Waals surface area contributed by atoms with Gasteiger partial charge in [0.05, 0.1) is 0 Å². The van der Waals surface area contributed by atoms with Crippen LogP contribution in [0.2, 0.25) is 0 Å². The van der Waals surface area contributed by atoms with Crippen LogP contribution in [0.1, 0.15) is 35.9 Å². The summed E-state index contributed by atoms with van der Waals surface area (Å²) in [6.45, 7) is 7.12. The quantitative estimate of drug-likeness (QED) is 0.613. The van der Waals surface area contributed by atoms with E-state index < -0.39 is 0 Å². The van der Waals surface area contributed by atoms with Crippen LogP contribution in [0, 0.1) is 20.8 Å². The van der Waals surface area contributed by atoms with Gasteiger partial charge in [0.2, 0.25) is 17.6 Å². The molecular weight excluding hydrogens is 344 g/mol. The van der Waals surface area contributed by atoms with E-state index in [0.717, 1.165) is 35.7 Å². The van der Waals surface area contributed by atoms with Crippen molar-refractivity contribution in [1.29, 1.82) is 0 Å². The van der Waals surface area contributed by atoms with Crippen molar-refractivity contribution in [3.05, 3.63) is 47.4 Å². The average molecular weight is 368 g/mol. The fraction of sp³-hybridized carbons (Fsp3) is 0.421. The zero-order valence-corrected chi connectivity index (χ0v) is 15.9. The molecule has 1 aromatic carbocycles. The molecule has 0 unspecified atom stereocenters. The Morgan fingerprint density at radius 3 is 2.74 bits per heavy atom. The first-order valence-electron chi connectivity index (χ1n) is 9.06. The van der Waals surface area contributed by atoms with E-state index in [1.165, 1.54) is 0 Å². The van der Waals surface area contributed by atoms with E-state index in [2.05, 4.69) is 25.5 Å². The maximum Gasteiger partial charge on any atom is 0.227 e. The first kappa shape index (κ1) is 18.8. The Morgan fingerprint density at radius 2 is 2.00 bits per heavy atom. The lowest BCUT2D eigenvalue weighted by molar-refractivity contribution is -0.121. The average Bonchev–Trinajstić information content (AvgIpc) is 3.23. The summed E-state index contributed by atoms with van der Waals surface area (Å²) in [5.74, 6) is 2.65. The van der Waals surface area contributed by atoms with Crippen molar-refractivity contribution in [2.75, 3.05) is 6.54 Å². The third kappa shape index (κ3) is 4.99. The van der Waals surface area contributed by atoms with Crippen LogP contribution in [0.15, 0.2) is 28.8 Å². The van der Waals surface area contributed by atoms with Crippen LogP contribution in [-0.4, -0.2) is 37.4 Å². The number of nitrogens with zero attached hydrogens (tertiary/aromatic N) is 5. The van der Waals surface area contributed by atoms with Crippen LogP contribution in [0.5, 0.6) is 0 Å². The highest BCUT2D eigenvalue weighted by atomic mass is 16.5. The van der Waals surface area contributed by atoms with Gasteiger partial charge in [-0.2, -0.15) is 10.1 Å². The lowest BCUT2D eigenvalue weighted by Gasteiger charge is -2.05. The summed E-state index contributed by atoms with van der Waals surface area (Å²) in [6.07, 6.45) is 1.54. The molecule has 0 spiro atoms. The second-order valence-electron chi connectivity index (χ2n) is 6.46. The molecule has 3 rings (SSSR count). The molecule has 0 aliphatic carbocycles. The second kappa shape index (κ2) is 8.57. The zero-order chi connectivity index (χ0) is 19.2. The molecule has 0 saturated heterocycles. The fourth-order valence-corrected chi connectivity index (χ4v) is 2.83. The molecule has 27 heavy (non-hydrogen) atoms. The van der Waals surface area contributed by atoms with Crippen molar-refractivity contribution in [2.45, 2.75) is 46.6 Å². The van der Waals surface area contributed by atoms with Gasteiger partial charge in [0.15, 0.2) is 0 Å². The summed E-state index contributed by atoms with van der Waals surface area (Å²) in [6, 6.07) is 7.86. The molecule has 0 atom stereocenters. The van der Waals surface area contributed by atoms with Gasteiger partial charge in [0.1, 0.15) is 11.6 Å². The van der Waals surface area contributed by atoms with Crippen molar-refractivity contribution in [2.24, 2.45) is 0 Å². The lowest BCUT2D eigenvalue weighted by Crippen LogP contribution is -2.25. The van der Waals surface area contributed by atoms with Gasteiger partial charge in [-0.15, -0.1) is 0 Å². The molecule has 0 aliphatic heterocycles. The Bertz CT molecular complexity index is 915. The fourth-order valence-electron chi connectivity index (χ4n) is 2.83. The molecule has 8 heteroatoms. The number of nitrogens with one attached hydrogen (secondary N) is 1. The van der Waals surface area contributed by atoms with Crippen molar-refractivity contribution in [3.63, 3.8) is 0 Å². The molecule has 0 radical (unpaired) electrons. The van der Waals surface area contributed by atoms with E-state index in [-0.39, 0.29) is 5.91 Å². The topological polar surface area (TPSA) is 98.7 Å². The predicted octanol–water partition coefficient (Wildman–Crippen LogP) is 2.39. The van der Waals surface area contributed by atoms with Gasteiger partial charge in [0.25, 0.3) is 0 Å². The molecule has 0 bridgehead atoms. The van der Waals surface area contributed by atoms with Gasteiger partial charge in [-0.1, -0.05) is 29.4 Å². The normalized spacial score (nSPS) is 10.9. The molecule has 3 aromatic rings. The summed E-state index contributed by atoms with van der Waals surface area (Å²) < 4.78 is 7.12. The molecule has 2 aromatic heterocycles. The van der Waals surface area contributed by atoms with E-state index in [4.69, 9.17) is 4.52 Å². The van der Waals surface area contributed by atoms with Crippen LogP contribution in [0.3, 0.4) is 0 Å². The summed E-state index contributed by atoms with van der Waals surface area (Å²) in [5, 5.41) is 11.2. The van der Waals surface area contributed by atoms with E-state index >= 15 is 0 Å². The largest absolute Gasteiger partial charge is 0.356 e. The number of aryl methyl sites for hydroxylation is 5. The van der Waals surface area contributed by atoms with Crippen LogP contribution in [-0.2, 0) is 17.8 Å². The van der Waals surface area contributed by atoms with E-state index in [9.17, 15) is 4.79 Å². The van der Waals surface area contributed by atoms with E-state index in [1.54, 1.807) is 0 Å². The Kier molecular flexibility index (Phi) is 5.95. The molecule has 1 N–H and O–H groups in total. The number of benzene rings is 1. The Morgan fingerprint density at radius 1 is 1.19 bits per heavy atom. The van der Waals surface area contributed by atoms with Gasteiger partial charge in [-0.3, -0.25) is 9.48 Å². The highest BCUT2D eigenvalue weighted by Crippen LogP contribution is 2.20. The van der Waals surface area contributed by atoms with Crippen molar-refractivity contribution < 1.29 is 9.32 Å². The summed E-state index contributed by atoms with van der Waals surface area (Å²) >= 11 is 0. The molecular formula is C19H24N6O2. The number of aromatic nitrogens is 5. The van der Waals surface area contributed by atoms with Crippen molar-refractivity contribution in [1.82, 2.24) is 30.2 Å². The molecule has 8 nitrogen and oxygen atoms in total. The van der Waals surface area contributed by atoms with Crippen molar-refractivity contribution in [3.8, 4) is 11.4 Å². The number of hydrogen-bond donors (Lipinski definition) is 1. The summed E-state index contributed by atoms with van der Waals surface area (Å²) in [5.41, 5.74) is 2.02. The maximum absolute atomic E-state index is 12.0. The van der Waals surface area contributed by atoms with Crippen LogP contribution in [0.25, 0.3) is 11.4 Å². The van der Waals surface area contributed by atoms with Crippen LogP contribution in [0.4, 0.5) is 0 Å². The Labute approximate surface area is 158 Å². The van der Waals surface area contributed by atoms with Gasteiger partial charge >= 0.3 is 0 Å². The first-order valence-corrected chi connectivity index (χ1v) is 9.06. The third-order valence-corrected chi connectivity index (χ3v) is 4.25. The molecule has 2 heterocycles. The second-order valence-corrected chi connectivity index (χ2v) is 6.46. The number of carbonyl (C=O) groups is 1. The zero-order valence-electron chi connectivity index (χ0n) is 15.9. The molecule has 0 fully saturated rings. The minimum Gasteiger partial charge on any atom is -0.356 e. The van der Waals surface area contributed by atoms with Gasteiger partial charge in [-0.25, -0.2) is 4.98 Å². The van der Waals surface area contributed by atoms with E-state index in [0.29, 0.717) is 31.1 Å². The summed E-state index contributed by atoms with van der Waals surface area (Å²) in [7, 11) is 0. The Hall–Kier alpha value is -3.03. The van der Waals surface area contributed by atoms with Crippen LogP contribution >= 0.6 is 0 Å². The minimum absolute atomic E-state index is 0.0304. The smallest absolute Gasteiger partial charge is 0.227 e. The molecule has 0 aliphatic rings. The standard InChI is InChI=1S/C19H24N6O2/c1-13-7-4-5-8-16(13)19-22-18(27-24-19)10-9-17(26)20-11-6-12-25-15(3)21-14(2)23-25/h4-5,7-8H,6,9-12H2,1-3H3,(H,20,26). The summed E-state index contributed by atoms with van der Waals surface area (Å²) in [4.78, 5) is 20.6. The third-order valence-electron chi connectivity index (χ3n) is 4.25. The molecule has 1 amide bonds. The molecule has 0 saturated carbocycles. The predicted molar refractivity (Wildman–Crippen MR) is 99.9 cm³/mol.